The van der Waals surface area contributed by atoms with Gasteiger partial charge in [-0.1, -0.05) is 54.9 Å². The zero-order valence-corrected chi connectivity index (χ0v) is 15.8. The monoisotopic (exact) mass is 342 g/mol. The predicted molar refractivity (Wildman–Crippen MR) is 94.5 cm³/mol. The molecule has 0 N–H and O–H groups in total. The average molecular weight is 342 g/mol. The number of rotatable bonds is 5. The van der Waals surface area contributed by atoms with Crippen LogP contribution in [0.2, 0.25) is 0 Å². The van der Waals surface area contributed by atoms with Gasteiger partial charge in [-0.2, -0.15) is 8.78 Å². The summed E-state index contributed by atoms with van der Waals surface area (Å²) in [4.78, 5) is 0. The Balaban J connectivity index is 3.67. The zero-order chi connectivity index (χ0) is 18.7. The lowest BCUT2D eigenvalue weighted by molar-refractivity contribution is 0.293. The lowest BCUT2D eigenvalue weighted by Crippen LogP contribution is -2.20. The van der Waals surface area contributed by atoms with E-state index in [9.17, 15) is 13.2 Å². The molecule has 0 amide bonds. The summed E-state index contributed by atoms with van der Waals surface area (Å²) in [7, 11) is 0. The van der Waals surface area contributed by atoms with Gasteiger partial charge in [0, 0.05) is 16.7 Å². The first-order valence-corrected chi connectivity index (χ1v) is 8.42. The maximum absolute atomic E-state index is 13.9. The van der Waals surface area contributed by atoms with E-state index in [0.29, 0.717) is 12.4 Å². The normalized spacial score (nSPS) is 12.2. The Hall–Kier alpha value is -1.45. The molecule has 0 aliphatic carbocycles. The van der Waals surface area contributed by atoms with Crippen LogP contribution in [-0.4, -0.2) is 6.61 Å². The first-order chi connectivity index (χ1) is 10.9. The molecule has 0 saturated heterocycles. The summed E-state index contributed by atoms with van der Waals surface area (Å²) in [6, 6.07) is 2.98. The Kier molecular flexibility index (Phi) is 6.54. The molecular formula is C20H29F3O. The van der Waals surface area contributed by atoms with E-state index in [-0.39, 0.29) is 16.4 Å². The Labute approximate surface area is 143 Å². The van der Waals surface area contributed by atoms with Crippen LogP contribution >= 0.6 is 0 Å². The van der Waals surface area contributed by atoms with Crippen LogP contribution in [0.1, 0.15) is 78.0 Å². The van der Waals surface area contributed by atoms with Crippen molar-refractivity contribution in [2.45, 2.75) is 72.1 Å². The lowest BCUT2D eigenvalue weighted by atomic mass is 9.78. The summed E-state index contributed by atoms with van der Waals surface area (Å²) in [6.07, 6.45) is -0.394. The van der Waals surface area contributed by atoms with Gasteiger partial charge in [-0.15, -0.1) is 0 Å². The van der Waals surface area contributed by atoms with Gasteiger partial charge in [0.2, 0.25) is 0 Å². The largest absolute Gasteiger partial charge is 0.493 e. The van der Waals surface area contributed by atoms with E-state index in [2.05, 4.69) is 6.92 Å². The highest BCUT2D eigenvalue weighted by Gasteiger charge is 2.29. The molecule has 0 atom stereocenters. The van der Waals surface area contributed by atoms with E-state index in [1.54, 1.807) is 0 Å². The van der Waals surface area contributed by atoms with Crippen molar-refractivity contribution in [3.8, 4) is 5.75 Å². The first-order valence-electron chi connectivity index (χ1n) is 8.42. The third-order valence-electron chi connectivity index (χ3n) is 3.87. The standard InChI is InChI=1S/C20H29F3O/c1-8-9-10-24-17-14(19(2,3)4)11-13(16(21)18(22)23)12-15(17)20(5,6)7/h11-12H,8-10H2,1-7H3. The minimum Gasteiger partial charge on any atom is -0.493 e. The number of benzene rings is 1. The van der Waals surface area contributed by atoms with Crippen LogP contribution in [0.3, 0.4) is 0 Å². The molecule has 1 aromatic carbocycles. The molecular weight excluding hydrogens is 313 g/mol. The predicted octanol–water partition coefficient (Wildman–Crippen LogP) is 7.00. The van der Waals surface area contributed by atoms with Crippen LogP contribution in [-0.2, 0) is 10.8 Å². The molecule has 1 rings (SSSR count). The van der Waals surface area contributed by atoms with Gasteiger partial charge in [0.25, 0.3) is 0 Å². The topological polar surface area (TPSA) is 9.23 Å². The molecule has 0 fully saturated rings. The molecule has 0 aliphatic rings. The van der Waals surface area contributed by atoms with Crippen LogP contribution < -0.4 is 4.74 Å². The molecule has 0 saturated carbocycles. The lowest BCUT2D eigenvalue weighted by Gasteiger charge is -2.30. The average Bonchev–Trinajstić information content (AvgIpc) is 2.44. The summed E-state index contributed by atoms with van der Waals surface area (Å²) in [5.74, 6) is -0.773. The van der Waals surface area contributed by atoms with Crippen molar-refractivity contribution in [1.82, 2.24) is 0 Å². The maximum Gasteiger partial charge on any atom is 0.306 e. The van der Waals surface area contributed by atoms with Gasteiger partial charge in [0.1, 0.15) is 5.75 Å². The summed E-state index contributed by atoms with van der Waals surface area (Å²) in [5.41, 5.74) is 0.692. The molecule has 1 aromatic rings. The zero-order valence-electron chi connectivity index (χ0n) is 15.8. The van der Waals surface area contributed by atoms with Gasteiger partial charge in [0.05, 0.1) is 6.61 Å². The van der Waals surface area contributed by atoms with E-state index in [1.807, 2.05) is 41.5 Å². The maximum atomic E-state index is 13.9. The highest BCUT2D eigenvalue weighted by molar-refractivity contribution is 5.65. The van der Waals surface area contributed by atoms with Gasteiger partial charge in [-0.25, -0.2) is 4.39 Å². The number of hydrogen-bond acceptors (Lipinski definition) is 1. The molecule has 0 bridgehead atoms. The fourth-order valence-corrected chi connectivity index (χ4v) is 2.45. The van der Waals surface area contributed by atoms with Gasteiger partial charge < -0.3 is 4.74 Å². The van der Waals surface area contributed by atoms with Crippen LogP contribution in [0.15, 0.2) is 18.2 Å². The fourth-order valence-electron chi connectivity index (χ4n) is 2.45. The van der Waals surface area contributed by atoms with Crippen molar-refractivity contribution in [2.75, 3.05) is 6.61 Å². The Bertz CT molecular complexity index is 565. The molecule has 136 valence electrons. The highest BCUT2D eigenvalue weighted by atomic mass is 19.3. The third kappa shape index (κ3) is 5.02. The summed E-state index contributed by atoms with van der Waals surface area (Å²) >= 11 is 0. The molecule has 0 radical (unpaired) electrons. The molecule has 0 spiro atoms. The van der Waals surface area contributed by atoms with Crippen LogP contribution in [0.5, 0.6) is 5.75 Å². The van der Waals surface area contributed by atoms with Crippen molar-refractivity contribution >= 4 is 5.83 Å². The highest BCUT2D eigenvalue weighted by Crippen LogP contribution is 2.42. The van der Waals surface area contributed by atoms with Crippen molar-refractivity contribution in [3.63, 3.8) is 0 Å². The molecule has 24 heavy (non-hydrogen) atoms. The minimum absolute atomic E-state index is 0.0901. The Morgan fingerprint density at radius 1 is 0.917 bits per heavy atom. The molecule has 1 nitrogen and oxygen atoms in total. The molecule has 0 heterocycles. The van der Waals surface area contributed by atoms with E-state index in [4.69, 9.17) is 4.74 Å². The Morgan fingerprint density at radius 3 is 1.71 bits per heavy atom. The quantitative estimate of drug-likeness (QED) is 0.524. The van der Waals surface area contributed by atoms with Gasteiger partial charge in [-0.3, -0.25) is 0 Å². The SMILES string of the molecule is CCCCOc1c(C(C)(C)C)cc(C(F)=C(F)F)cc1C(C)(C)C. The number of halogens is 3. The molecule has 0 aliphatic heterocycles. The van der Waals surface area contributed by atoms with Crippen molar-refractivity contribution in [2.24, 2.45) is 0 Å². The molecule has 4 heteroatoms. The number of unbranched alkanes of at least 4 members (excludes halogenated alkanes) is 1. The second-order valence-corrected chi connectivity index (χ2v) is 8.18. The van der Waals surface area contributed by atoms with Crippen LogP contribution in [0.25, 0.3) is 5.83 Å². The third-order valence-corrected chi connectivity index (χ3v) is 3.87. The second-order valence-electron chi connectivity index (χ2n) is 8.18. The van der Waals surface area contributed by atoms with E-state index < -0.39 is 11.9 Å². The fraction of sp³-hybridized carbons (Fsp3) is 0.600. The summed E-state index contributed by atoms with van der Waals surface area (Å²) < 4.78 is 45.5. The van der Waals surface area contributed by atoms with Crippen LogP contribution in [0, 0.1) is 0 Å². The molecule has 0 aromatic heterocycles. The van der Waals surface area contributed by atoms with Gasteiger partial charge >= 0.3 is 6.08 Å². The minimum atomic E-state index is -2.30. The van der Waals surface area contributed by atoms with Crippen molar-refractivity contribution in [3.05, 3.63) is 34.9 Å². The van der Waals surface area contributed by atoms with E-state index >= 15 is 0 Å². The first kappa shape index (κ1) is 20.6. The van der Waals surface area contributed by atoms with Gasteiger partial charge in [-0.05, 0) is 29.4 Å². The van der Waals surface area contributed by atoms with Crippen LogP contribution in [0.4, 0.5) is 13.2 Å². The number of ether oxygens (including phenoxy) is 1. The second kappa shape index (κ2) is 7.62. The van der Waals surface area contributed by atoms with Crippen molar-refractivity contribution in [1.29, 1.82) is 0 Å². The number of hydrogen-bond donors (Lipinski definition) is 0. The van der Waals surface area contributed by atoms with Gasteiger partial charge in [0.15, 0.2) is 5.83 Å². The smallest absolute Gasteiger partial charge is 0.306 e. The van der Waals surface area contributed by atoms with Crippen molar-refractivity contribution < 1.29 is 17.9 Å². The molecule has 0 unspecified atom stereocenters. The summed E-state index contributed by atoms with van der Waals surface area (Å²) in [6.45, 7) is 14.5. The van der Waals surface area contributed by atoms with E-state index in [1.165, 1.54) is 12.1 Å². The summed E-state index contributed by atoms with van der Waals surface area (Å²) in [5, 5.41) is 0. The van der Waals surface area contributed by atoms with E-state index in [0.717, 1.165) is 24.0 Å². The Morgan fingerprint density at radius 2 is 1.38 bits per heavy atom.